The molecule has 2 rings (SSSR count). The molecule has 0 bridgehead atoms. The molecular formula is C20H21ClN2O5. The molecule has 0 radical (unpaired) electrons. The van der Waals surface area contributed by atoms with Gasteiger partial charge in [-0.2, -0.15) is 0 Å². The zero-order valence-corrected chi connectivity index (χ0v) is 16.3. The maximum atomic E-state index is 12.3. The Hall–Kier alpha value is -3.06. The topological polar surface area (TPSA) is 108 Å². The van der Waals surface area contributed by atoms with Crippen LogP contribution in [0.15, 0.2) is 42.5 Å². The lowest BCUT2D eigenvalue weighted by atomic mass is 10.0. The molecule has 0 aliphatic carbocycles. The van der Waals surface area contributed by atoms with Gasteiger partial charge in [0.25, 0.3) is 5.91 Å². The van der Waals surface area contributed by atoms with E-state index < -0.39 is 24.5 Å². The standard InChI is InChI=1S/C20H21ClN2O5/c1-12(24)17(8-13-6-4-3-5-7-13)23-19(25)11-28-20(26)14-9-15(21)16(22)10-18(14)27-2/h3-7,9-10,17H,8,11,22H2,1-2H3,(H,23,25)/t17-/m1/s1. The number of esters is 1. The number of nitrogens with two attached hydrogens (primary N) is 1. The van der Waals surface area contributed by atoms with Gasteiger partial charge in [-0.05, 0) is 25.0 Å². The number of nitrogens with one attached hydrogen (secondary N) is 1. The Morgan fingerprint density at radius 2 is 1.86 bits per heavy atom. The maximum Gasteiger partial charge on any atom is 0.342 e. The van der Waals surface area contributed by atoms with Crippen LogP contribution in [0.25, 0.3) is 0 Å². The van der Waals surface area contributed by atoms with Crippen LogP contribution in [-0.2, 0) is 20.7 Å². The van der Waals surface area contributed by atoms with Gasteiger partial charge in [0.05, 0.1) is 23.9 Å². The molecule has 3 N–H and O–H groups in total. The van der Waals surface area contributed by atoms with E-state index in [-0.39, 0.29) is 27.8 Å². The number of rotatable bonds is 8. The number of anilines is 1. The van der Waals surface area contributed by atoms with Gasteiger partial charge in [-0.25, -0.2) is 4.79 Å². The van der Waals surface area contributed by atoms with E-state index in [1.54, 1.807) is 0 Å². The van der Waals surface area contributed by atoms with Crippen LogP contribution in [0.2, 0.25) is 5.02 Å². The van der Waals surface area contributed by atoms with E-state index in [0.717, 1.165) is 5.56 Å². The second-order valence-electron chi connectivity index (χ2n) is 6.07. The van der Waals surface area contributed by atoms with E-state index in [0.29, 0.717) is 6.42 Å². The average Bonchev–Trinajstić information content (AvgIpc) is 2.68. The first-order chi connectivity index (χ1) is 13.3. The predicted molar refractivity (Wildman–Crippen MR) is 105 cm³/mol. The van der Waals surface area contributed by atoms with Crippen LogP contribution in [0.3, 0.4) is 0 Å². The Balaban J connectivity index is 1.98. The molecule has 1 atom stereocenters. The molecule has 0 spiro atoms. The van der Waals surface area contributed by atoms with Gasteiger partial charge < -0.3 is 20.5 Å². The highest BCUT2D eigenvalue weighted by Gasteiger charge is 2.21. The Kier molecular flexibility index (Phi) is 7.40. The number of hydrogen-bond acceptors (Lipinski definition) is 6. The molecule has 0 saturated heterocycles. The van der Waals surface area contributed by atoms with Gasteiger partial charge in [0.1, 0.15) is 11.3 Å². The fourth-order valence-electron chi connectivity index (χ4n) is 2.49. The summed E-state index contributed by atoms with van der Waals surface area (Å²) >= 11 is 5.93. The summed E-state index contributed by atoms with van der Waals surface area (Å²) in [7, 11) is 1.37. The molecule has 0 aliphatic rings. The van der Waals surface area contributed by atoms with E-state index in [4.69, 9.17) is 26.8 Å². The van der Waals surface area contributed by atoms with Gasteiger partial charge in [-0.15, -0.1) is 0 Å². The SMILES string of the molecule is COc1cc(N)c(Cl)cc1C(=O)OCC(=O)N[C@H](Cc1ccccc1)C(C)=O. The van der Waals surface area contributed by atoms with Crippen molar-refractivity contribution in [2.24, 2.45) is 0 Å². The highest BCUT2D eigenvalue weighted by Crippen LogP contribution is 2.29. The van der Waals surface area contributed by atoms with Crippen LogP contribution in [0.5, 0.6) is 5.75 Å². The van der Waals surface area contributed by atoms with Crippen molar-refractivity contribution in [3.05, 3.63) is 58.6 Å². The van der Waals surface area contributed by atoms with E-state index >= 15 is 0 Å². The number of methoxy groups -OCH3 is 1. The van der Waals surface area contributed by atoms with Crippen molar-refractivity contribution in [1.29, 1.82) is 0 Å². The van der Waals surface area contributed by atoms with Crippen molar-refractivity contribution in [1.82, 2.24) is 5.32 Å². The molecule has 148 valence electrons. The first kappa shape index (κ1) is 21.2. The zero-order chi connectivity index (χ0) is 20.7. The van der Waals surface area contributed by atoms with Crippen LogP contribution in [0, 0.1) is 0 Å². The van der Waals surface area contributed by atoms with Crippen molar-refractivity contribution in [3.63, 3.8) is 0 Å². The fraction of sp³-hybridized carbons (Fsp3) is 0.250. The molecule has 1 amide bonds. The fourth-order valence-corrected chi connectivity index (χ4v) is 2.65. The normalized spacial score (nSPS) is 11.4. The average molecular weight is 405 g/mol. The van der Waals surface area contributed by atoms with Crippen LogP contribution < -0.4 is 15.8 Å². The number of halogens is 1. The number of ether oxygens (including phenoxy) is 2. The number of ketones is 1. The monoisotopic (exact) mass is 404 g/mol. The van der Waals surface area contributed by atoms with Crippen molar-refractivity contribution in [2.75, 3.05) is 19.5 Å². The Labute approximate surface area is 167 Å². The molecule has 0 saturated carbocycles. The van der Waals surface area contributed by atoms with Crippen molar-refractivity contribution in [2.45, 2.75) is 19.4 Å². The molecule has 0 unspecified atom stereocenters. The van der Waals surface area contributed by atoms with Gasteiger partial charge in [-0.3, -0.25) is 9.59 Å². The largest absolute Gasteiger partial charge is 0.496 e. The second kappa shape index (κ2) is 9.75. The van der Waals surface area contributed by atoms with Crippen molar-refractivity contribution >= 4 is 34.9 Å². The predicted octanol–water partition coefficient (Wildman–Crippen LogP) is 2.40. The quantitative estimate of drug-likeness (QED) is 0.516. The molecule has 28 heavy (non-hydrogen) atoms. The summed E-state index contributed by atoms with van der Waals surface area (Å²) < 4.78 is 10.1. The summed E-state index contributed by atoms with van der Waals surface area (Å²) in [6.07, 6.45) is 0.344. The minimum absolute atomic E-state index is 0.0434. The number of Topliss-reactive ketones (excluding diaryl/α,β-unsaturated/α-hetero) is 1. The molecule has 8 heteroatoms. The molecule has 7 nitrogen and oxygen atoms in total. The first-order valence-corrected chi connectivity index (χ1v) is 8.83. The zero-order valence-electron chi connectivity index (χ0n) is 15.5. The third-order valence-electron chi connectivity index (χ3n) is 3.98. The third-order valence-corrected chi connectivity index (χ3v) is 4.31. The smallest absolute Gasteiger partial charge is 0.342 e. The molecule has 2 aromatic carbocycles. The van der Waals surface area contributed by atoms with Gasteiger partial charge in [0, 0.05) is 6.07 Å². The van der Waals surface area contributed by atoms with Gasteiger partial charge in [0.15, 0.2) is 12.4 Å². The van der Waals surface area contributed by atoms with E-state index in [1.165, 1.54) is 26.2 Å². The Morgan fingerprint density at radius 3 is 2.46 bits per heavy atom. The molecule has 0 fully saturated rings. The van der Waals surface area contributed by atoms with Crippen LogP contribution in [0.4, 0.5) is 5.69 Å². The molecule has 0 heterocycles. The molecule has 0 aromatic heterocycles. The minimum atomic E-state index is -0.795. The number of nitrogen functional groups attached to an aromatic ring is 1. The van der Waals surface area contributed by atoms with Crippen LogP contribution >= 0.6 is 11.6 Å². The lowest BCUT2D eigenvalue weighted by Gasteiger charge is -2.16. The maximum absolute atomic E-state index is 12.3. The lowest BCUT2D eigenvalue weighted by molar-refractivity contribution is -0.128. The Morgan fingerprint density at radius 1 is 1.18 bits per heavy atom. The summed E-state index contributed by atoms with van der Waals surface area (Å²) in [5.41, 5.74) is 6.87. The van der Waals surface area contributed by atoms with Crippen LogP contribution in [0.1, 0.15) is 22.8 Å². The van der Waals surface area contributed by atoms with Gasteiger partial charge in [-0.1, -0.05) is 41.9 Å². The van der Waals surface area contributed by atoms with E-state index in [9.17, 15) is 14.4 Å². The Bertz CT molecular complexity index is 870. The summed E-state index contributed by atoms with van der Waals surface area (Å²) in [5.74, 6) is -1.41. The van der Waals surface area contributed by atoms with Crippen molar-refractivity contribution in [3.8, 4) is 5.75 Å². The lowest BCUT2D eigenvalue weighted by Crippen LogP contribution is -2.43. The van der Waals surface area contributed by atoms with Crippen LogP contribution in [-0.4, -0.2) is 37.4 Å². The van der Waals surface area contributed by atoms with E-state index in [1.807, 2.05) is 30.3 Å². The summed E-state index contributed by atoms with van der Waals surface area (Å²) in [5, 5.41) is 2.74. The number of hydrogen-bond donors (Lipinski definition) is 2. The highest BCUT2D eigenvalue weighted by atomic mass is 35.5. The summed E-state index contributed by atoms with van der Waals surface area (Å²) in [6, 6.07) is 11.3. The summed E-state index contributed by atoms with van der Waals surface area (Å²) in [4.78, 5) is 36.2. The number of benzene rings is 2. The number of amides is 1. The van der Waals surface area contributed by atoms with Gasteiger partial charge in [0.2, 0.25) is 0 Å². The highest BCUT2D eigenvalue weighted by molar-refractivity contribution is 6.33. The third kappa shape index (κ3) is 5.72. The summed E-state index contributed by atoms with van der Waals surface area (Å²) in [6.45, 7) is 0.837. The number of carbonyl (C=O) groups excluding carboxylic acids is 3. The number of carbonyl (C=O) groups is 3. The second-order valence-corrected chi connectivity index (χ2v) is 6.48. The molecule has 0 aliphatic heterocycles. The minimum Gasteiger partial charge on any atom is -0.496 e. The van der Waals surface area contributed by atoms with Crippen molar-refractivity contribution < 1.29 is 23.9 Å². The molecular weight excluding hydrogens is 384 g/mol. The van der Waals surface area contributed by atoms with Gasteiger partial charge >= 0.3 is 5.97 Å². The van der Waals surface area contributed by atoms with E-state index in [2.05, 4.69) is 5.32 Å². The first-order valence-electron chi connectivity index (χ1n) is 8.45. The molecule has 2 aromatic rings.